The second kappa shape index (κ2) is 14.7. The predicted octanol–water partition coefficient (Wildman–Crippen LogP) is 4.67. The summed E-state index contributed by atoms with van der Waals surface area (Å²) in [5.74, 6) is -0.450. The van der Waals surface area contributed by atoms with E-state index in [1.807, 2.05) is 11.0 Å². The van der Waals surface area contributed by atoms with Crippen LogP contribution in [0.2, 0.25) is 0 Å². The third-order valence-electron chi connectivity index (χ3n) is 14.0. The van der Waals surface area contributed by atoms with E-state index in [9.17, 15) is 29.1 Å². The van der Waals surface area contributed by atoms with Crippen molar-refractivity contribution < 1.29 is 29.1 Å². The zero-order chi connectivity index (χ0) is 40.4. The summed E-state index contributed by atoms with van der Waals surface area (Å²) in [6.07, 6.45) is 6.10. The molecule has 3 atom stereocenters. The molecule has 4 aromatic rings. The van der Waals surface area contributed by atoms with Crippen molar-refractivity contribution in [1.82, 2.24) is 30.2 Å². The molecule has 1 aliphatic carbocycles. The van der Waals surface area contributed by atoms with Gasteiger partial charge in [0.2, 0.25) is 17.7 Å². The molecule has 13 nitrogen and oxygen atoms in total. The van der Waals surface area contributed by atoms with Crippen LogP contribution in [0.5, 0.6) is 5.75 Å². The maximum atomic E-state index is 13.6. The van der Waals surface area contributed by atoms with Gasteiger partial charge in [0, 0.05) is 51.6 Å². The largest absolute Gasteiger partial charge is 0.508 e. The lowest BCUT2D eigenvalue weighted by Crippen LogP contribution is -2.54. The number of carbonyl (C=O) groups is 5. The van der Waals surface area contributed by atoms with E-state index in [-0.39, 0.29) is 53.7 Å². The molecule has 1 aromatic heterocycles. The van der Waals surface area contributed by atoms with E-state index >= 15 is 0 Å². The second-order valence-electron chi connectivity index (χ2n) is 17.4. The van der Waals surface area contributed by atoms with Crippen LogP contribution in [0.3, 0.4) is 0 Å². The normalized spacial score (nSPS) is 23.9. The van der Waals surface area contributed by atoms with Crippen molar-refractivity contribution in [1.29, 1.82) is 0 Å². The molecule has 5 aliphatic heterocycles. The number of fused-ring (bicyclic) bond motifs is 3. The standard InChI is InChI=1S/C46H47N7O6/c54-32-7-9-34-29(22-32)6-8-33(28-4-2-1-3-5-28)42(34)37-10-12-39(49-48-37)51-18-14-46(15-19-51)16-20-52(21-17-46)41(56)27-50-25-30-23-35-36(24-31(30)26-50)45(59)53(44(35)58)38-11-13-40(55)47-43(38)57/h1-5,7,9-10,12,22-24,33,38,42,54H,6,8,11,13-21,25-27H2,(H,47,55,57)/t33-,38-,42+/m1/s1. The molecule has 0 radical (unpaired) electrons. The molecule has 13 heteroatoms. The van der Waals surface area contributed by atoms with E-state index in [1.165, 1.54) is 16.7 Å². The summed E-state index contributed by atoms with van der Waals surface area (Å²) in [5, 5.41) is 22.1. The Morgan fingerprint density at radius 2 is 1.46 bits per heavy atom. The number of phenols is 1. The fourth-order valence-corrected chi connectivity index (χ4v) is 10.7. The number of anilines is 1. The van der Waals surface area contributed by atoms with Gasteiger partial charge in [-0.2, -0.15) is 5.10 Å². The molecule has 5 amide bonds. The van der Waals surface area contributed by atoms with Crippen LogP contribution in [0.1, 0.15) is 111 Å². The molecule has 3 aromatic carbocycles. The molecule has 302 valence electrons. The van der Waals surface area contributed by atoms with E-state index in [1.54, 1.807) is 18.2 Å². The van der Waals surface area contributed by atoms with Crippen molar-refractivity contribution in [3.63, 3.8) is 0 Å². The van der Waals surface area contributed by atoms with Crippen molar-refractivity contribution in [3.8, 4) is 5.75 Å². The Hall–Kier alpha value is -5.95. The van der Waals surface area contributed by atoms with Crippen LogP contribution in [-0.2, 0) is 33.9 Å². The first-order valence-electron chi connectivity index (χ1n) is 21.0. The van der Waals surface area contributed by atoms with Crippen LogP contribution in [0, 0.1) is 5.41 Å². The highest BCUT2D eigenvalue weighted by Crippen LogP contribution is 2.47. The van der Waals surface area contributed by atoms with Gasteiger partial charge < -0.3 is 14.9 Å². The molecule has 0 bridgehead atoms. The number of aromatic hydroxyl groups is 1. The number of imide groups is 2. The summed E-state index contributed by atoms with van der Waals surface area (Å²) in [6, 6.07) is 23.1. The smallest absolute Gasteiger partial charge is 0.262 e. The third-order valence-corrected chi connectivity index (χ3v) is 14.0. The number of phenolic OH excluding ortho intramolecular Hbond substituents is 1. The quantitative estimate of drug-likeness (QED) is 0.263. The molecule has 10 rings (SSSR count). The minimum absolute atomic E-state index is 0.0543. The first-order chi connectivity index (χ1) is 28.6. The molecule has 1 spiro atoms. The van der Waals surface area contributed by atoms with Gasteiger partial charge in [-0.05, 0) is 120 Å². The first kappa shape index (κ1) is 37.3. The summed E-state index contributed by atoms with van der Waals surface area (Å²) in [7, 11) is 0. The number of nitrogens with zero attached hydrogens (tertiary/aromatic N) is 6. The minimum atomic E-state index is -0.995. The zero-order valence-electron chi connectivity index (χ0n) is 32.9. The number of piperidine rings is 3. The molecule has 0 saturated carbocycles. The Kier molecular flexibility index (Phi) is 9.30. The van der Waals surface area contributed by atoms with Crippen molar-refractivity contribution in [3.05, 3.63) is 117 Å². The summed E-state index contributed by atoms with van der Waals surface area (Å²) >= 11 is 0. The van der Waals surface area contributed by atoms with Crippen molar-refractivity contribution in [2.45, 2.75) is 82.3 Å². The molecule has 0 unspecified atom stereocenters. The number of carbonyl (C=O) groups excluding carboxylic acids is 5. The van der Waals surface area contributed by atoms with Gasteiger partial charge in [-0.25, -0.2) is 0 Å². The average molecular weight is 794 g/mol. The Labute approximate surface area is 342 Å². The van der Waals surface area contributed by atoms with Crippen LogP contribution in [0.25, 0.3) is 0 Å². The number of hydrogen-bond acceptors (Lipinski definition) is 10. The van der Waals surface area contributed by atoms with E-state index in [2.05, 4.69) is 63.6 Å². The molecule has 6 heterocycles. The number of benzene rings is 3. The molecule has 3 fully saturated rings. The number of hydrogen-bond donors (Lipinski definition) is 2. The molecule has 6 aliphatic rings. The lowest BCUT2D eigenvalue weighted by atomic mass is 9.70. The summed E-state index contributed by atoms with van der Waals surface area (Å²) in [4.78, 5) is 71.7. The van der Waals surface area contributed by atoms with E-state index < -0.39 is 29.7 Å². The van der Waals surface area contributed by atoms with Gasteiger partial charge in [0.25, 0.3) is 11.8 Å². The van der Waals surface area contributed by atoms with Crippen LogP contribution >= 0.6 is 0 Å². The summed E-state index contributed by atoms with van der Waals surface area (Å²) < 4.78 is 0. The number of aromatic nitrogens is 2. The lowest BCUT2D eigenvalue weighted by molar-refractivity contribution is -0.137. The van der Waals surface area contributed by atoms with Crippen LogP contribution in [-0.4, -0.2) is 98.3 Å². The van der Waals surface area contributed by atoms with Crippen molar-refractivity contribution in [2.24, 2.45) is 5.41 Å². The van der Waals surface area contributed by atoms with Crippen LogP contribution < -0.4 is 10.2 Å². The van der Waals surface area contributed by atoms with E-state index in [4.69, 9.17) is 10.2 Å². The summed E-state index contributed by atoms with van der Waals surface area (Å²) in [5.41, 5.74) is 7.18. The van der Waals surface area contributed by atoms with E-state index in [0.29, 0.717) is 18.8 Å². The van der Waals surface area contributed by atoms with Gasteiger partial charge in [-0.3, -0.25) is 39.1 Å². The number of nitrogens with one attached hydrogen (secondary N) is 1. The van der Waals surface area contributed by atoms with Gasteiger partial charge in [-0.1, -0.05) is 36.4 Å². The highest BCUT2D eigenvalue weighted by Gasteiger charge is 2.46. The zero-order valence-corrected chi connectivity index (χ0v) is 32.9. The van der Waals surface area contributed by atoms with E-state index in [0.717, 1.165) is 92.2 Å². The highest BCUT2D eigenvalue weighted by atomic mass is 16.3. The summed E-state index contributed by atoms with van der Waals surface area (Å²) in [6.45, 7) is 4.50. The molecule has 59 heavy (non-hydrogen) atoms. The van der Waals surface area contributed by atoms with Gasteiger partial charge in [-0.15, -0.1) is 5.10 Å². The van der Waals surface area contributed by atoms with Gasteiger partial charge >= 0.3 is 0 Å². The molecular formula is C46H47N7O6. The lowest BCUT2D eigenvalue weighted by Gasteiger charge is -2.47. The fraction of sp³-hybridized carbons (Fsp3) is 0.413. The molecule has 3 saturated heterocycles. The van der Waals surface area contributed by atoms with Crippen molar-refractivity contribution >= 4 is 35.4 Å². The fourth-order valence-electron chi connectivity index (χ4n) is 10.7. The average Bonchev–Trinajstić information content (AvgIpc) is 3.75. The van der Waals surface area contributed by atoms with Gasteiger partial charge in [0.05, 0.1) is 23.4 Å². The SMILES string of the molecule is O=C1CC[C@@H](N2C(=O)c3cc4c(cc3C2=O)CN(CC(=O)N2CCC3(CC2)CCN(c2ccc([C@@H]5c6ccc(O)cc6CC[C@@H]5c5ccccc5)nn2)CC3)C4)C(=O)N1. The number of aryl methyl sites for hydroxylation is 1. The van der Waals surface area contributed by atoms with Gasteiger partial charge in [0.15, 0.2) is 5.82 Å². The second-order valence-corrected chi connectivity index (χ2v) is 17.4. The third kappa shape index (κ3) is 6.74. The Balaban J connectivity index is 0.732. The Morgan fingerprint density at radius 3 is 2.12 bits per heavy atom. The number of rotatable bonds is 6. The van der Waals surface area contributed by atoms with Crippen molar-refractivity contribution in [2.75, 3.05) is 37.6 Å². The minimum Gasteiger partial charge on any atom is -0.508 e. The van der Waals surface area contributed by atoms with Crippen LogP contribution in [0.15, 0.2) is 72.8 Å². The number of amides is 5. The topological polar surface area (TPSA) is 156 Å². The predicted molar refractivity (Wildman–Crippen MR) is 216 cm³/mol. The Bertz CT molecular complexity index is 2320. The van der Waals surface area contributed by atoms with Crippen LogP contribution in [0.4, 0.5) is 5.82 Å². The monoisotopic (exact) mass is 793 g/mol. The highest BCUT2D eigenvalue weighted by molar-refractivity contribution is 6.23. The molecular weight excluding hydrogens is 747 g/mol. The maximum absolute atomic E-state index is 13.6. The maximum Gasteiger partial charge on any atom is 0.262 e. The van der Waals surface area contributed by atoms with Gasteiger partial charge in [0.1, 0.15) is 11.8 Å². The number of likely N-dealkylation sites (tertiary alicyclic amines) is 1. The Morgan fingerprint density at radius 1 is 0.763 bits per heavy atom. The first-order valence-corrected chi connectivity index (χ1v) is 21.0. The molecule has 2 N–H and O–H groups in total.